The first-order valence-corrected chi connectivity index (χ1v) is 40.4. The average Bonchev–Trinajstić information content (AvgIpc) is 1.72. The van der Waals surface area contributed by atoms with Gasteiger partial charge in [0.05, 0.1) is 13.2 Å². The molecule has 0 aromatic carbocycles. The lowest BCUT2D eigenvalue weighted by molar-refractivity contribution is 0.0482. The van der Waals surface area contributed by atoms with Gasteiger partial charge < -0.3 is 130 Å². The Bertz CT molecular complexity index is 4270. The molecule has 8 N–H and O–H groups in total. The highest BCUT2D eigenvalue weighted by Crippen LogP contribution is 2.30. The van der Waals surface area contributed by atoms with Crippen molar-refractivity contribution < 1.29 is 113 Å². The van der Waals surface area contributed by atoms with Crippen LogP contribution in [0.25, 0.3) is 0 Å². The van der Waals surface area contributed by atoms with Crippen LogP contribution in [0.1, 0.15) is 168 Å². The molecule has 0 bridgehead atoms. The minimum atomic E-state index is -1.21. The number of nitrogens with zero attached hydrogens (tertiary/aromatic N) is 8. The summed E-state index contributed by atoms with van der Waals surface area (Å²) in [6, 6.07) is 28.8. The Hall–Kier alpha value is -11.9. The first-order chi connectivity index (χ1) is 57.4. The van der Waals surface area contributed by atoms with Crippen LogP contribution in [0, 0.1) is 0 Å². The summed E-state index contributed by atoms with van der Waals surface area (Å²) < 4.78 is 62.0. The Morgan fingerprint density at radius 2 is 0.471 bits per heavy atom. The van der Waals surface area contributed by atoms with Crippen molar-refractivity contribution in [2.75, 3.05) is 209 Å². The number of hydrogen-bond donors (Lipinski definition) is 8. The standard InChI is InChI=1S/C36H44N4O10.C30H32N4O12.C10H24N4.C6H5BrO2/c1-5-45-35(43)29-11-15-33(49-29)39-19-8-20-40(34-16-12-30(50-34)36(44)46-6-2)24-22-38(32-14-10-28(48-32)26(4)42)18-7-17-37(21-23-39)31-13-9-27(47-31)25(3)41;35-27(36)19-3-7-23(43-19)31-11-1-12-32(24-8-4-20(44-24)28(37)38)16-18-34(26-10-6-22(46-26)30(41)42)14-2-13-33(17-15-31)25-9-5-21(45-25)29(39)40;1-3-11-7-9-13-5-2-6-14-10-8-12-4-1;1-4(8)5-2-3-6(7)9-5/h9-16H,5-8,17-24H2,1-4H3;3-10H,1-2,11-18H2,(H,35,36)(H,37,38)(H,39,40)(H,41,42);11-14H,1-10H2;2-3H,1H3. The lowest BCUT2D eigenvalue weighted by atomic mass is 10.2. The van der Waals surface area contributed by atoms with Gasteiger partial charge >= 0.3 is 35.8 Å². The highest BCUT2D eigenvalue weighted by molar-refractivity contribution is 9.10. The number of anilines is 8. The molecule has 9 aromatic rings. The Balaban J connectivity index is 0.000000214. The van der Waals surface area contributed by atoms with Gasteiger partial charge in [-0.05, 0) is 155 Å². The highest BCUT2D eigenvalue weighted by Gasteiger charge is 2.28. The van der Waals surface area contributed by atoms with Crippen molar-refractivity contribution in [3.63, 3.8) is 0 Å². The van der Waals surface area contributed by atoms with Gasteiger partial charge in [0.15, 0.2) is 86.4 Å². The van der Waals surface area contributed by atoms with Gasteiger partial charge in [-0.15, -0.1) is 0 Å². The second kappa shape index (κ2) is 46.9. The predicted molar refractivity (Wildman–Crippen MR) is 443 cm³/mol. The predicted octanol–water partition coefficient (Wildman–Crippen LogP) is 11.3. The fourth-order valence-electron chi connectivity index (χ4n) is 12.9. The molecule has 12 rings (SSSR count). The molecule has 119 heavy (non-hydrogen) atoms. The molecular formula is C82H105BrN12O24. The topological polar surface area (TPSA) is 445 Å². The molecule has 37 heteroatoms. The minimum absolute atomic E-state index is 0.0549. The molecule has 3 fully saturated rings. The van der Waals surface area contributed by atoms with Crippen molar-refractivity contribution in [1.82, 2.24) is 21.3 Å². The molecule has 0 radical (unpaired) electrons. The summed E-state index contributed by atoms with van der Waals surface area (Å²) in [4.78, 5) is 121. The molecule has 0 aliphatic carbocycles. The molecule has 36 nitrogen and oxygen atoms in total. The quantitative estimate of drug-likeness (QED) is 0.0275. The second-order valence-corrected chi connectivity index (χ2v) is 28.3. The zero-order valence-corrected chi connectivity index (χ0v) is 69.0. The van der Waals surface area contributed by atoms with Crippen molar-refractivity contribution in [2.45, 2.75) is 73.1 Å². The van der Waals surface area contributed by atoms with Gasteiger partial charge in [0, 0.05) is 200 Å². The van der Waals surface area contributed by atoms with Crippen LogP contribution in [0.5, 0.6) is 0 Å². The van der Waals surface area contributed by atoms with Gasteiger partial charge in [-0.1, -0.05) is 0 Å². The Kier molecular flexibility index (Phi) is 35.8. The van der Waals surface area contributed by atoms with E-state index >= 15 is 0 Å². The van der Waals surface area contributed by atoms with Gasteiger partial charge in [0.25, 0.3) is 0 Å². The number of ketones is 3. The number of furan rings is 9. The maximum Gasteiger partial charge on any atom is 0.374 e. The molecule has 3 saturated heterocycles. The highest BCUT2D eigenvalue weighted by atomic mass is 79.9. The third-order valence-corrected chi connectivity index (χ3v) is 19.4. The Morgan fingerprint density at radius 1 is 0.277 bits per heavy atom. The van der Waals surface area contributed by atoms with E-state index in [1.807, 2.05) is 19.6 Å². The van der Waals surface area contributed by atoms with E-state index in [2.05, 4.69) is 56.8 Å². The minimum Gasteiger partial charge on any atom is -0.475 e. The molecule has 9 aromatic heterocycles. The number of hydrogen-bond acceptors (Lipinski definition) is 32. The summed E-state index contributed by atoms with van der Waals surface area (Å²) in [5, 5.41) is 51.3. The van der Waals surface area contributed by atoms with Crippen LogP contribution in [-0.2, 0) is 9.47 Å². The summed E-state index contributed by atoms with van der Waals surface area (Å²) >= 11 is 3.08. The summed E-state index contributed by atoms with van der Waals surface area (Å²) in [5.74, 6) is -2.44. The molecule has 12 heterocycles. The van der Waals surface area contributed by atoms with Crippen molar-refractivity contribution >= 4 is 116 Å². The van der Waals surface area contributed by atoms with Crippen molar-refractivity contribution in [2.24, 2.45) is 0 Å². The molecule has 0 atom stereocenters. The molecule has 0 unspecified atom stereocenters. The van der Waals surface area contributed by atoms with Crippen molar-refractivity contribution in [3.8, 4) is 0 Å². The number of carbonyl (C=O) groups is 9. The van der Waals surface area contributed by atoms with Gasteiger partial charge in [-0.3, -0.25) is 14.4 Å². The number of carboxylic acid groups (broad SMARTS) is 4. The maximum atomic E-state index is 12.4. The third kappa shape index (κ3) is 28.4. The number of nitrogens with one attached hydrogen (secondary N) is 4. The molecule has 0 saturated carbocycles. The smallest absolute Gasteiger partial charge is 0.374 e. The summed E-state index contributed by atoms with van der Waals surface area (Å²) in [6.07, 6.45) is 4.79. The summed E-state index contributed by atoms with van der Waals surface area (Å²) in [7, 11) is 0. The molecule has 0 amide bonds. The second-order valence-electron chi connectivity index (χ2n) is 27.6. The number of carbonyl (C=O) groups excluding carboxylic acids is 5. The lowest BCUT2D eigenvalue weighted by Gasteiger charge is -2.32. The largest absolute Gasteiger partial charge is 0.475 e. The van der Waals surface area contributed by atoms with Crippen LogP contribution in [0.3, 0.4) is 0 Å². The molecule has 3 aliphatic rings. The number of esters is 2. The van der Waals surface area contributed by atoms with Crippen molar-refractivity contribution in [1.29, 1.82) is 0 Å². The number of halogens is 1. The van der Waals surface area contributed by atoms with E-state index in [9.17, 15) is 63.6 Å². The van der Waals surface area contributed by atoms with E-state index in [-0.39, 0.29) is 76.6 Å². The Labute approximate surface area is 695 Å². The Morgan fingerprint density at radius 3 is 0.647 bits per heavy atom. The fourth-order valence-corrected chi connectivity index (χ4v) is 13.2. The van der Waals surface area contributed by atoms with E-state index < -0.39 is 35.8 Å². The van der Waals surface area contributed by atoms with Crippen LogP contribution in [0.4, 0.5) is 47.1 Å². The maximum absolute atomic E-state index is 12.4. The van der Waals surface area contributed by atoms with E-state index in [0.29, 0.717) is 188 Å². The number of ether oxygens (including phenoxy) is 2. The monoisotopic (exact) mass is 1720 g/mol. The van der Waals surface area contributed by atoms with Gasteiger partial charge in [-0.25, -0.2) is 28.8 Å². The van der Waals surface area contributed by atoms with Gasteiger partial charge in [0.1, 0.15) is 0 Å². The number of aromatic carboxylic acids is 4. The fraction of sp³-hybridized carbons (Fsp3) is 0.451. The molecular weight excluding hydrogens is 1620 g/mol. The van der Waals surface area contributed by atoms with Crippen LogP contribution in [-0.4, -0.2) is 244 Å². The molecule has 3 aliphatic heterocycles. The van der Waals surface area contributed by atoms with Gasteiger partial charge in [0.2, 0.25) is 34.6 Å². The third-order valence-electron chi connectivity index (χ3n) is 19.0. The van der Waals surface area contributed by atoms with Crippen LogP contribution in [0.2, 0.25) is 0 Å². The first-order valence-electron chi connectivity index (χ1n) is 39.6. The zero-order chi connectivity index (χ0) is 85.2. The number of carboxylic acids is 4. The lowest BCUT2D eigenvalue weighted by Crippen LogP contribution is -2.41. The average molecular weight is 1720 g/mol. The van der Waals surface area contributed by atoms with Crippen molar-refractivity contribution in [3.05, 3.63) is 166 Å². The number of Topliss-reactive ketones (excluding diaryl/α,β-unsaturated/α-hetero) is 3. The normalized spacial score (nSPS) is 15.9. The molecule has 644 valence electrons. The zero-order valence-electron chi connectivity index (χ0n) is 67.4. The van der Waals surface area contributed by atoms with Crippen LogP contribution in [0.15, 0.2) is 154 Å². The van der Waals surface area contributed by atoms with Crippen LogP contribution < -0.4 is 60.5 Å². The van der Waals surface area contributed by atoms with E-state index in [4.69, 9.17) is 49.2 Å². The van der Waals surface area contributed by atoms with Gasteiger partial charge in [-0.2, -0.15) is 0 Å². The SMILES string of the molecule is C1CNCCNCCCNCCNC1.CC(=O)c1ccc(Br)o1.CCOC(=O)c1ccc(N2CCCN(c3ccc(C(=O)OCC)o3)CCN(c3ccc(C(C)=O)o3)CCCN(c3ccc(C(C)=O)o3)CC2)o1.O=C(O)c1ccc(N2CCCN(c3ccc(C(=O)O)o3)CCN(c3ccc(C(=O)O)o3)CCCN(c3ccc(C(=O)O)o3)CC2)o1. The first kappa shape index (κ1) is 91.0. The summed E-state index contributed by atoms with van der Waals surface area (Å²) in [5.41, 5.74) is 0. The number of rotatable bonds is 19. The van der Waals surface area contributed by atoms with E-state index in [0.717, 1.165) is 52.4 Å². The van der Waals surface area contributed by atoms with Crippen LogP contribution >= 0.6 is 15.9 Å². The van der Waals surface area contributed by atoms with E-state index in [1.54, 1.807) is 98.8 Å². The van der Waals surface area contributed by atoms with E-state index in [1.165, 1.54) is 57.9 Å². The summed E-state index contributed by atoms with van der Waals surface area (Å²) in [6.45, 7) is 24.5. The molecule has 0 spiro atoms.